The van der Waals surface area contributed by atoms with Gasteiger partial charge in [-0.2, -0.15) is 5.26 Å². The summed E-state index contributed by atoms with van der Waals surface area (Å²) in [4.78, 5) is 26.1. The van der Waals surface area contributed by atoms with Crippen molar-refractivity contribution in [3.05, 3.63) is 21.9 Å². The number of hydrogen-bond donors (Lipinski definition) is 2. The number of fused-ring (bicyclic) bond motifs is 1. The maximum Gasteiger partial charge on any atom is 0.345 e. The van der Waals surface area contributed by atoms with Gasteiger partial charge in [-0.1, -0.05) is 0 Å². The summed E-state index contributed by atoms with van der Waals surface area (Å²) >= 11 is 2.75. The van der Waals surface area contributed by atoms with E-state index in [2.05, 4.69) is 11.4 Å². The molecule has 8 heteroatoms. The summed E-state index contributed by atoms with van der Waals surface area (Å²) in [6, 6.07) is 5.74. The third-order valence-electron chi connectivity index (χ3n) is 3.85. The fourth-order valence-electron chi connectivity index (χ4n) is 2.56. The molecule has 3 rings (SSSR count). The van der Waals surface area contributed by atoms with Crippen molar-refractivity contribution in [2.24, 2.45) is 5.92 Å². The average Bonchev–Trinajstić information content (AvgIpc) is 3.11. The van der Waals surface area contributed by atoms with E-state index in [0.29, 0.717) is 24.5 Å². The Morgan fingerprint density at radius 3 is 2.61 bits per heavy atom. The van der Waals surface area contributed by atoms with Gasteiger partial charge >= 0.3 is 12.0 Å². The summed E-state index contributed by atoms with van der Waals surface area (Å²) < 4.78 is 1.87. The lowest BCUT2D eigenvalue weighted by molar-refractivity contribution is 0.0702. The normalized spacial score (nSPS) is 15.5. The van der Waals surface area contributed by atoms with Gasteiger partial charge < -0.3 is 15.3 Å². The zero-order valence-corrected chi connectivity index (χ0v) is 13.9. The van der Waals surface area contributed by atoms with Crippen LogP contribution in [-0.4, -0.2) is 35.1 Å². The Bertz CT molecular complexity index is 750. The van der Waals surface area contributed by atoms with E-state index in [9.17, 15) is 9.59 Å². The summed E-state index contributed by atoms with van der Waals surface area (Å²) in [6.07, 6.45) is 1.47. The van der Waals surface area contributed by atoms with Crippen LogP contribution in [-0.2, 0) is 6.54 Å². The van der Waals surface area contributed by atoms with E-state index in [1.807, 2.05) is 6.07 Å². The van der Waals surface area contributed by atoms with E-state index >= 15 is 0 Å². The first kappa shape index (κ1) is 15.8. The molecule has 0 aromatic carbocycles. The minimum atomic E-state index is -0.908. The molecule has 120 valence electrons. The lowest BCUT2D eigenvalue weighted by atomic mass is 9.99. The van der Waals surface area contributed by atoms with Gasteiger partial charge in [0.1, 0.15) is 4.88 Å². The summed E-state index contributed by atoms with van der Waals surface area (Å²) in [5.74, 6) is -0.847. The molecule has 1 fully saturated rings. The topological polar surface area (TPSA) is 93.4 Å². The first-order valence-electron chi connectivity index (χ1n) is 7.24. The van der Waals surface area contributed by atoms with Crippen LogP contribution in [0.15, 0.2) is 12.1 Å². The van der Waals surface area contributed by atoms with Crippen molar-refractivity contribution in [3.63, 3.8) is 0 Å². The van der Waals surface area contributed by atoms with Gasteiger partial charge in [0.15, 0.2) is 0 Å². The lowest BCUT2D eigenvalue weighted by Gasteiger charge is -2.29. The van der Waals surface area contributed by atoms with Crippen LogP contribution in [0, 0.1) is 17.2 Å². The van der Waals surface area contributed by atoms with Gasteiger partial charge in [0.25, 0.3) is 0 Å². The Morgan fingerprint density at radius 2 is 2.00 bits per heavy atom. The summed E-state index contributed by atoms with van der Waals surface area (Å²) in [5, 5.41) is 20.7. The van der Waals surface area contributed by atoms with Crippen molar-refractivity contribution < 1.29 is 14.7 Å². The predicted molar refractivity (Wildman–Crippen MR) is 88.8 cm³/mol. The van der Waals surface area contributed by atoms with Crippen LogP contribution < -0.4 is 5.32 Å². The maximum absolute atomic E-state index is 12.1. The number of carbonyl (C=O) groups excluding carboxylic acids is 1. The van der Waals surface area contributed by atoms with Crippen LogP contribution in [0.2, 0.25) is 0 Å². The fraction of sp³-hybridized carbons (Fsp3) is 0.400. The van der Waals surface area contributed by atoms with Gasteiger partial charge in [-0.15, -0.1) is 22.7 Å². The second kappa shape index (κ2) is 6.56. The minimum absolute atomic E-state index is 0.0616. The number of amides is 2. The molecule has 6 nitrogen and oxygen atoms in total. The number of nitriles is 1. The maximum atomic E-state index is 12.1. The molecule has 1 aliphatic rings. The van der Waals surface area contributed by atoms with Gasteiger partial charge in [-0.05, 0) is 25.0 Å². The smallest absolute Gasteiger partial charge is 0.345 e. The Hall–Kier alpha value is -2.11. The highest BCUT2D eigenvalue weighted by Crippen LogP contribution is 2.33. The molecular weight excluding hydrogens is 334 g/mol. The first-order chi connectivity index (χ1) is 11.1. The van der Waals surface area contributed by atoms with Gasteiger partial charge in [-0.25, -0.2) is 9.59 Å². The van der Waals surface area contributed by atoms with Crippen LogP contribution in [0.1, 0.15) is 27.4 Å². The van der Waals surface area contributed by atoms with Crippen LogP contribution in [0.3, 0.4) is 0 Å². The number of thiophene rings is 2. The van der Waals surface area contributed by atoms with E-state index in [-0.39, 0.29) is 11.9 Å². The Morgan fingerprint density at radius 1 is 1.30 bits per heavy atom. The zero-order chi connectivity index (χ0) is 16.4. The molecule has 0 radical (unpaired) electrons. The molecular formula is C15H15N3O3S2. The predicted octanol–water partition coefficient (Wildman–Crippen LogP) is 3.11. The highest BCUT2D eigenvalue weighted by atomic mass is 32.1. The Labute approximate surface area is 140 Å². The number of rotatable bonds is 3. The van der Waals surface area contributed by atoms with Gasteiger partial charge in [-0.3, -0.25) is 0 Å². The summed E-state index contributed by atoms with van der Waals surface area (Å²) in [7, 11) is 0. The fourth-order valence-corrected chi connectivity index (χ4v) is 4.77. The molecule has 0 atom stereocenters. The second-order valence-electron chi connectivity index (χ2n) is 5.41. The number of urea groups is 1. The molecule has 0 unspecified atom stereocenters. The van der Waals surface area contributed by atoms with E-state index < -0.39 is 5.97 Å². The van der Waals surface area contributed by atoms with E-state index in [4.69, 9.17) is 10.4 Å². The van der Waals surface area contributed by atoms with Crippen molar-refractivity contribution >= 4 is 44.1 Å². The number of carboxylic acids is 1. The second-order valence-corrected chi connectivity index (χ2v) is 7.66. The molecule has 2 aromatic rings. The Kier molecular flexibility index (Phi) is 4.50. The number of carboxylic acid groups (broad SMARTS) is 1. The molecule has 3 heterocycles. The summed E-state index contributed by atoms with van der Waals surface area (Å²) in [6.45, 7) is 1.67. The molecule has 0 bridgehead atoms. The van der Waals surface area contributed by atoms with Crippen LogP contribution >= 0.6 is 22.7 Å². The molecule has 0 saturated carbocycles. The summed E-state index contributed by atoms with van der Waals surface area (Å²) in [5.41, 5.74) is 0. The molecule has 2 N–H and O–H groups in total. The van der Waals surface area contributed by atoms with Crippen molar-refractivity contribution in [3.8, 4) is 6.07 Å². The van der Waals surface area contributed by atoms with Gasteiger partial charge in [0, 0.05) is 33.3 Å². The van der Waals surface area contributed by atoms with E-state index in [1.165, 1.54) is 22.7 Å². The SMILES string of the molecule is N#CC1CCN(C(=O)NCc2cc3sc(C(=O)O)cc3s2)CC1. The van der Waals surface area contributed by atoms with E-state index in [0.717, 1.165) is 27.1 Å². The van der Waals surface area contributed by atoms with Crippen LogP contribution in [0.5, 0.6) is 0 Å². The van der Waals surface area contributed by atoms with Crippen LogP contribution in [0.25, 0.3) is 9.40 Å². The molecule has 2 amide bonds. The highest BCUT2D eigenvalue weighted by Gasteiger charge is 2.22. The van der Waals surface area contributed by atoms with E-state index in [1.54, 1.807) is 11.0 Å². The number of likely N-dealkylation sites (tertiary alicyclic amines) is 1. The van der Waals surface area contributed by atoms with Crippen molar-refractivity contribution in [1.29, 1.82) is 5.26 Å². The minimum Gasteiger partial charge on any atom is -0.477 e. The molecule has 0 spiro atoms. The molecule has 2 aromatic heterocycles. The zero-order valence-electron chi connectivity index (χ0n) is 12.2. The number of hydrogen-bond acceptors (Lipinski definition) is 5. The van der Waals surface area contributed by atoms with Gasteiger partial charge in [0.05, 0.1) is 12.6 Å². The number of nitrogens with one attached hydrogen (secondary N) is 1. The highest BCUT2D eigenvalue weighted by molar-refractivity contribution is 7.28. The third kappa shape index (κ3) is 3.46. The third-order valence-corrected chi connectivity index (χ3v) is 6.13. The Balaban J connectivity index is 1.56. The lowest BCUT2D eigenvalue weighted by Crippen LogP contribution is -2.43. The number of carbonyl (C=O) groups is 2. The quantitative estimate of drug-likeness (QED) is 0.890. The van der Waals surface area contributed by atoms with Gasteiger partial charge in [0.2, 0.25) is 0 Å². The average molecular weight is 349 g/mol. The number of nitrogens with zero attached hydrogens (tertiary/aromatic N) is 2. The monoisotopic (exact) mass is 349 g/mol. The number of piperidine rings is 1. The van der Waals surface area contributed by atoms with Crippen molar-refractivity contribution in [1.82, 2.24) is 10.2 Å². The molecule has 1 aliphatic heterocycles. The standard InChI is InChI=1S/C15H15N3O3S2/c16-7-9-1-3-18(4-2-9)15(21)17-8-10-5-11-12(22-10)6-13(23-11)14(19)20/h5-6,9H,1-4,8H2,(H,17,21)(H,19,20). The van der Waals surface area contributed by atoms with Crippen molar-refractivity contribution in [2.45, 2.75) is 19.4 Å². The number of aromatic carboxylic acids is 1. The molecule has 0 aliphatic carbocycles. The largest absolute Gasteiger partial charge is 0.477 e. The van der Waals surface area contributed by atoms with Crippen molar-refractivity contribution in [2.75, 3.05) is 13.1 Å². The molecule has 1 saturated heterocycles. The van der Waals surface area contributed by atoms with Crippen LogP contribution in [0.4, 0.5) is 4.79 Å². The first-order valence-corrected chi connectivity index (χ1v) is 8.88. The molecule has 23 heavy (non-hydrogen) atoms.